The molecule has 6 nitrogen and oxygen atoms in total. The van der Waals surface area contributed by atoms with Crippen LogP contribution in [0.3, 0.4) is 0 Å². The number of sulfonamides is 1. The molecule has 25 heavy (non-hydrogen) atoms. The highest BCUT2D eigenvalue weighted by molar-refractivity contribution is 7.89. The van der Waals surface area contributed by atoms with Crippen LogP contribution < -0.4 is 10.5 Å². The number of benzene rings is 2. The van der Waals surface area contributed by atoms with E-state index in [0.29, 0.717) is 6.42 Å². The van der Waals surface area contributed by atoms with E-state index in [4.69, 9.17) is 5.73 Å². The predicted octanol–water partition coefficient (Wildman–Crippen LogP) is 1.17. The van der Waals surface area contributed by atoms with Crippen LogP contribution in [0.1, 0.15) is 11.1 Å². The van der Waals surface area contributed by atoms with Crippen LogP contribution in [0.15, 0.2) is 60.7 Å². The van der Waals surface area contributed by atoms with Crippen LogP contribution in [0.25, 0.3) is 0 Å². The Morgan fingerprint density at radius 2 is 1.44 bits per heavy atom. The van der Waals surface area contributed by atoms with Crippen molar-refractivity contribution in [2.24, 2.45) is 5.73 Å². The summed E-state index contributed by atoms with van der Waals surface area (Å²) >= 11 is 0. The Balaban J connectivity index is 1.98. The molecule has 2 rings (SSSR count). The van der Waals surface area contributed by atoms with E-state index in [2.05, 4.69) is 4.72 Å². The minimum atomic E-state index is -3.82. The summed E-state index contributed by atoms with van der Waals surface area (Å²) in [4.78, 5) is 11.4. The van der Waals surface area contributed by atoms with Gasteiger partial charge in [-0.3, -0.25) is 4.79 Å². The number of rotatable bonds is 9. The van der Waals surface area contributed by atoms with Gasteiger partial charge in [0.1, 0.15) is 6.04 Å². The summed E-state index contributed by atoms with van der Waals surface area (Å²) in [6.07, 6.45) is 0.474. The first-order valence-corrected chi connectivity index (χ1v) is 9.57. The second kappa shape index (κ2) is 8.75. The quantitative estimate of drug-likeness (QED) is 0.620. The molecular weight excluding hydrogens is 340 g/mol. The van der Waals surface area contributed by atoms with Crippen LogP contribution in [-0.4, -0.2) is 37.3 Å². The van der Waals surface area contributed by atoms with Crippen LogP contribution in [0.5, 0.6) is 0 Å². The molecule has 0 fully saturated rings. The molecule has 0 aliphatic heterocycles. The lowest BCUT2D eigenvalue weighted by Crippen LogP contribution is -2.46. The van der Waals surface area contributed by atoms with Gasteiger partial charge in [0.2, 0.25) is 10.0 Å². The molecule has 0 spiro atoms. The van der Waals surface area contributed by atoms with E-state index >= 15 is 0 Å². The zero-order valence-corrected chi connectivity index (χ0v) is 14.5. The molecule has 0 aliphatic rings. The summed E-state index contributed by atoms with van der Waals surface area (Å²) in [5.74, 6) is -1.55. The molecule has 2 aromatic rings. The third-order valence-corrected chi connectivity index (χ3v) is 5.19. The molecule has 4 N–H and O–H groups in total. The van der Waals surface area contributed by atoms with Gasteiger partial charge in [-0.25, -0.2) is 13.1 Å². The number of carboxylic acid groups (broad SMARTS) is 1. The topological polar surface area (TPSA) is 109 Å². The molecule has 0 aromatic heterocycles. The van der Waals surface area contributed by atoms with E-state index in [9.17, 15) is 18.3 Å². The van der Waals surface area contributed by atoms with Gasteiger partial charge in [-0.15, -0.1) is 0 Å². The highest BCUT2D eigenvalue weighted by Gasteiger charge is 2.26. The lowest BCUT2D eigenvalue weighted by Gasteiger charge is -2.17. The molecular formula is C18H22N2O4S. The van der Waals surface area contributed by atoms with Gasteiger partial charge in [-0.2, -0.15) is 0 Å². The Bertz CT molecular complexity index is 779. The SMILES string of the molecule is N[C@@H](Cc1ccccc1)CS(=O)(=O)N[C@@H](Cc1ccccc1)C(=O)O. The highest BCUT2D eigenvalue weighted by atomic mass is 32.2. The van der Waals surface area contributed by atoms with Gasteiger partial charge in [-0.05, 0) is 24.0 Å². The van der Waals surface area contributed by atoms with Crippen molar-refractivity contribution >= 4 is 16.0 Å². The summed E-state index contributed by atoms with van der Waals surface area (Å²) in [6.45, 7) is 0. The third-order valence-electron chi connectivity index (χ3n) is 3.68. The zero-order valence-electron chi connectivity index (χ0n) is 13.7. The van der Waals surface area contributed by atoms with Crippen molar-refractivity contribution in [1.29, 1.82) is 0 Å². The molecule has 134 valence electrons. The van der Waals surface area contributed by atoms with E-state index in [1.165, 1.54) is 0 Å². The van der Waals surface area contributed by atoms with Crippen molar-refractivity contribution in [3.05, 3.63) is 71.8 Å². The Morgan fingerprint density at radius 1 is 0.960 bits per heavy atom. The maximum Gasteiger partial charge on any atom is 0.322 e. The number of aliphatic carboxylic acids is 1. The van der Waals surface area contributed by atoms with Gasteiger partial charge in [0.05, 0.1) is 5.75 Å². The molecule has 7 heteroatoms. The van der Waals surface area contributed by atoms with Gasteiger partial charge in [0.25, 0.3) is 0 Å². The fourth-order valence-electron chi connectivity index (χ4n) is 2.55. The second-order valence-electron chi connectivity index (χ2n) is 5.93. The van der Waals surface area contributed by atoms with Gasteiger partial charge in [0.15, 0.2) is 0 Å². The van der Waals surface area contributed by atoms with E-state index in [1.54, 1.807) is 24.3 Å². The summed E-state index contributed by atoms with van der Waals surface area (Å²) in [5, 5.41) is 9.31. The molecule has 0 heterocycles. The molecule has 0 saturated heterocycles. The summed E-state index contributed by atoms with van der Waals surface area (Å²) in [5.41, 5.74) is 7.61. The lowest BCUT2D eigenvalue weighted by atomic mass is 10.1. The van der Waals surface area contributed by atoms with Crippen molar-refractivity contribution in [3.63, 3.8) is 0 Å². The van der Waals surface area contributed by atoms with Crippen molar-refractivity contribution in [3.8, 4) is 0 Å². The van der Waals surface area contributed by atoms with E-state index in [-0.39, 0.29) is 12.2 Å². The lowest BCUT2D eigenvalue weighted by molar-refractivity contribution is -0.138. The van der Waals surface area contributed by atoms with E-state index < -0.39 is 28.1 Å². The summed E-state index contributed by atoms with van der Waals surface area (Å²) in [6, 6.07) is 16.4. The normalized spacial score (nSPS) is 14.0. The van der Waals surface area contributed by atoms with Crippen LogP contribution >= 0.6 is 0 Å². The van der Waals surface area contributed by atoms with Crippen molar-refractivity contribution in [2.45, 2.75) is 24.9 Å². The number of hydrogen-bond acceptors (Lipinski definition) is 4. The minimum Gasteiger partial charge on any atom is -0.480 e. The Morgan fingerprint density at radius 3 is 1.92 bits per heavy atom. The fraction of sp³-hybridized carbons (Fsp3) is 0.278. The smallest absolute Gasteiger partial charge is 0.322 e. The number of carbonyl (C=O) groups is 1. The predicted molar refractivity (Wildman–Crippen MR) is 96.6 cm³/mol. The minimum absolute atomic E-state index is 0.0727. The first kappa shape index (κ1) is 19.1. The summed E-state index contributed by atoms with van der Waals surface area (Å²) in [7, 11) is -3.82. The summed E-state index contributed by atoms with van der Waals surface area (Å²) < 4.78 is 26.8. The number of carboxylic acids is 1. The number of hydrogen-bond donors (Lipinski definition) is 3. The van der Waals surface area contributed by atoms with Gasteiger partial charge in [0, 0.05) is 6.04 Å². The standard InChI is InChI=1S/C18H22N2O4S/c19-16(11-14-7-3-1-4-8-14)13-25(23,24)20-17(18(21)22)12-15-9-5-2-6-10-15/h1-10,16-17,20H,11-13,19H2,(H,21,22)/t16-,17-/m0/s1. The van der Waals surface area contributed by atoms with Crippen LogP contribution in [-0.2, 0) is 27.7 Å². The monoisotopic (exact) mass is 362 g/mol. The first-order chi connectivity index (χ1) is 11.9. The number of nitrogens with two attached hydrogens (primary N) is 1. The molecule has 2 aromatic carbocycles. The van der Waals surface area contributed by atoms with Crippen molar-refractivity contribution < 1.29 is 18.3 Å². The first-order valence-electron chi connectivity index (χ1n) is 7.92. The largest absolute Gasteiger partial charge is 0.480 e. The van der Waals surface area contributed by atoms with E-state index in [1.807, 2.05) is 36.4 Å². The average molecular weight is 362 g/mol. The Hall–Kier alpha value is -2.22. The second-order valence-corrected chi connectivity index (χ2v) is 7.73. The van der Waals surface area contributed by atoms with Crippen molar-refractivity contribution in [1.82, 2.24) is 4.72 Å². The maximum atomic E-state index is 12.3. The van der Waals surface area contributed by atoms with Gasteiger partial charge >= 0.3 is 5.97 Å². The van der Waals surface area contributed by atoms with Crippen molar-refractivity contribution in [2.75, 3.05) is 5.75 Å². The molecule has 0 unspecified atom stereocenters. The van der Waals surface area contributed by atoms with Gasteiger partial charge < -0.3 is 10.8 Å². The maximum absolute atomic E-state index is 12.3. The van der Waals surface area contributed by atoms with Crippen LogP contribution in [0, 0.1) is 0 Å². The molecule has 0 radical (unpaired) electrons. The molecule has 0 amide bonds. The van der Waals surface area contributed by atoms with Crippen LogP contribution in [0.2, 0.25) is 0 Å². The fourth-order valence-corrected chi connectivity index (χ4v) is 3.95. The van der Waals surface area contributed by atoms with E-state index in [0.717, 1.165) is 11.1 Å². The average Bonchev–Trinajstić information content (AvgIpc) is 2.55. The van der Waals surface area contributed by atoms with Gasteiger partial charge in [-0.1, -0.05) is 60.7 Å². The Kier molecular flexibility index (Phi) is 6.69. The highest BCUT2D eigenvalue weighted by Crippen LogP contribution is 2.07. The Labute approximate surface area is 147 Å². The molecule has 0 bridgehead atoms. The third kappa shape index (κ3) is 6.66. The molecule has 0 saturated carbocycles. The van der Waals surface area contributed by atoms with Crippen LogP contribution in [0.4, 0.5) is 0 Å². The molecule has 0 aliphatic carbocycles. The number of nitrogens with one attached hydrogen (secondary N) is 1. The molecule has 2 atom stereocenters. The zero-order chi connectivity index (χ0) is 18.3.